The second-order valence-corrected chi connectivity index (χ2v) is 6.65. The van der Waals surface area contributed by atoms with Crippen LogP contribution in [-0.2, 0) is 9.47 Å². The number of hydrogen-bond donors (Lipinski definition) is 0. The standard InChI is InChI=1S/C18H26O4/c1-6-13(2)22-17(20)15-9-7-14(8-10-15)16(19)21-12-11-18(3,4)5/h7-10,13H,6,11-12H2,1-5H3. The number of benzene rings is 1. The van der Waals surface area contributed by atoms with E-state index in [2.05, 4.69) is 20.8 Å². The van der Waals surface area contributed by atoms with Crippen molar-refractivity contribution in [1.29, 1.82) is 0 Å². The third-order valence-corrected chi connectivity index (χ3v) is 3.32. The smallest absolute Gasteiger partial charge is 0.338 e. The van der Waals surface area contributed by atoms with Crippen LogP contribution in [0.15, 0.2) is 24.3 Å². The minimum absolute atomic E-state index is 0.116. The molecule has 1 unspecified atom stereocenters. The van der Waals surface area contributed by atoms with Gasteiger partial charge in [0.25, 0.3) is 0 Å². The van der Waals surface area contributed by atoms with Gasteiger partial charge < -0.3 is 9.47 Å². The van der Waals surface area contributed by atoms with Gasteiger partial charge in [0, 0.05) is 0 Å². The topological polar surface area (TPSA) is 52.6 Å². The van der Waals surface area contributed by atoms with E-state index < -0.39 is 0 Å². The maximum absolute atomic E-state index is 11.9. The quantitative estimate of drug-likeness (QED) is 0.738. The van der Waals surface area contributed by atoms with Gasteiger partial charge in [-0.05, 0) is 49.4 Å². The summed E-state index contributed by atoms with van der Waals surface area (Å²) in [4.78, 5) is 23.7. The van der Waals surface area contributed by atoms with E-state index in [0.717, 1.165) is 12.8 Å². The summed E-state index contributed by atoms with van der Waals surface area (Å²) in [5.74, 6) is -0.743. The van der Waals surface area contributed by atoms with Gasteiger partial charge in [-0.15, -0.1) is 0 Å². The van der Waals surface area contributed by atoms with Gasteiger partial charge >= 0.3 is 11.9 Å². The summed E-state index contributed by atoms with van der Waals surface area (Å²) in [5.41, 5.74) is 1.00. The summed E-state index contributed by atoms with van der Waals surface area (Å²) >= 11 is 0. The molecule has 0 saturated heterocycles. The summed E-state index contributed by atoms with van der Waals surface area (Å²) in [5, 5.41) is 0. The number of esters is 2. The molecule has 1 rings (SSSR count). The van der Waals surface area contributed by atoms with E-state index in [1.165, 1.54) is 0 Å². The van der Waals surface area contributed by atoms with Crippen LogP contribution in [0.5, 0.6) is 0 Å². The van der Waals surface area contributed by atoms with Crippen molar-refractivity contribution in [2.75, 3.05) is 6.61 Å². The minimum atomic E-state index is -0.373. The van der Waals surface area contributed by atoms with E-state index in [0.29, 0.717) is 17.7 Å². The highest BCUT2D eigenvalue weighted by atomic mass is 16.5. The first kappa shape index (κ1) is 18.2. The third kappa shape index (κ3) is 6.29. The van der Waals surface area contributed by atoms with Crippen molar-refractivity contribution in [3.8, 4) is 0 Å². The highest BCUT2D eigenvalue weighted by molar-refractivity contribution is 5.93. The van der Waals surface area contributed by atoms with Gasteiger partial charge in [0.2, 0.25) is 0 Å². The molecular weight excluding hydrogens is 280 g/mol. The van der Waals surface area contributed by atoms with Crippen LogP contribution >= 0.6 is 0 Å². The van der Waals surface area contributed by atoms with Gasteiger partial charge in [0.15, 0.2) is 0 Å². The van der Waals surface area contributed by atoms with E-state index in [1.807, 2.05) is 13.8 Å². The van der Waals surface area contributed by atoms with E-state index in [4.69, 9.17) is 9.47 Å². The molecule has 0 fully saturated rings. The molecule has 0 aromatic heterocycles. The Labute approximate surface area is 132 Å². The van der Waals surface area contributed by atoms with E-state index in [9.17, 15) is 9.59 Å². The number of carbonyl (C=O) groups is 2. The number of ether oxygens (including phenoxy) is 2. The summed E-state index contributed by atoms with van der Waals surface area (Å²) in [6.45, 7) is 10.5. The lowest BCUT2D eigenvalue weighted by atomic mass is 9.93. The summed E-state index contributed by atoms with van der Waals surface area (Å²) in [6, 6.07) is 6.36. The van der Waals surface area contributed by atoms with Crippen molar-refractivity contribution in [2.45, 2.75) is 53.6 Å². The monoisotopic (exact) mass is 306 g/mol. The van der Waals surface area contributed by atoms with Crippen LogP contribution in [0.4, 0.5) is 0 Å². The van der Waals surface area contributed by atoms with Crippen molar-refractivity contribution in [3.05, 3.63) is 35.4 Å². The van der Waals surface area contributed by atoms with Crippen LogP contribution < -0.4 is 0 Å². The highest BCUT2D eigenvalue weighted by Gasteiger charge is 2.14. The minimum Gasteiger partial charge on any atom is -0.462 e. The predicted octanol–water partition coefficient (Wildman–Crippen LogP) is 4.23. The Bertz CT molecular complexity index is 497. The fourth-order valence-corrected chi connectivity index (χ4v) is 1.61. The molecule has 0 amide bonds. The van der Waals surface area contributed by atoms with Crippen LogP contribution in [0, 0.1) is 5.41 Å². The number of carbonyl (C=O) groups excluding carboxylic acids is 2. The molecule has 1 aromatic carbocycles. The second kappa shape index (κ2) is 7.97. The Hall–Kier alpha value is -1.84. The van der Waals surface area contributed by atoms with Crippen molar-refractivity contribution >= 4 is 11.9 Å². The normalized spacial score (nSPS) is 12.6. The maximum atomic E-state index is 11.9. The Morgan fingerprint density at radius 3 is 2.00 bits per heavy atom. The molecule has 0 N–H and O–H groups in total. The Kier molecular flexibility index (Phi) is 6.60. The van der Waals surface area contributed by atoms with Gasteiger partial charge in [0.05, 0.1) is 23.8 Å². The number of hydrogen-bond acceptors (Lipinski definition) is 4. The molecule has 0 saturated carbocycles. The molecular formula is C18H26O4. The SMILES string of the molecule is CCC(C)OC(=O)c1ccc(C(=O)OCCC(C)(C)C)cc1. The largest absolute Gasteiger partial charge is 0.462 e. The van der Waals surface area contributed by atoms with Gasteiger partial charge in [0.1, 0.15) is 0 Å². The second-order valence-electron chi connectivity index (χ2n) is 6.65. The number of rotatable bonds is 6. The molecule has 22 heavy (non-hydrogen) atoms. The van der Waals surface area contributed by atoms with Crippen LogP contribution in [-0.4, -0.2) is 24.6 Å². The molecule has 4 heteroatoms. The van der Waals surface area contributed by atoms with Crippen LogP contribution in [0.3, 0.4) is 0 Å². The molecule has 1 aromatic rings. The Balaban J connectivity index is 2.57. The lowest BCUT2D eigenvalue weighted by Crippen LogP contribution is -2.15. The van der Waals surface area contributed by atoms with E-state index in [-0.39, 0.29) is 23.5 Å². The molecule has 4 nitrogen and oxygen atoms in total. The third-order valence-electron chi connectivity index (χ3n) is 3.32. The van der Waals surface area contributed by atoms with Crippen LogP contribution in [0.1, 0.15) is 68.2 Å². The summed E-state index contributed by atoms with van der Waals surface area (Å²) < 4.78 is 10.5. The lowest BCUT2D eigenvalue weighted by Gasteiger charge is -2.17. The maximum Gasteiger partial charge on any atom is 0.338 e. The fourth-order valence-electron chi connectivity index (χ4n) is 1.61. The van der Waals surface area contributed by atoms with E-state index >= 15 is 0 Å². The summed E-state index contributed by atoms with van der Waals surface area (Å²) in [7, 11) is 0. The molecule has 0 spiro atoms. The molecule has 0 aliphatic heterocycles. The highest BCUT2D eigenvalue weighted by Crippen LogP contribution is 2.18. The average Bonchev–Trinajstić information content (AvgIpc) is 2.45. The average molecular weight is 306 g/mol. The Morgan fingerprint density at radius 1 is 1.05 bits per heavy atom. The molecule has 0 radical (unpaired) electrons. The lowest BCUT2D eigenvalue weighted by molar-refractivity contribution is 0.0332. The molecule has 0 aliphatic carbocycles. The zero-order valence-corrected chi connectivity index (χ0v) is 14.1. The molecule has 122 valence electrons. The van der Waals surface area contributed by atoms with Gasteiger partial charge in [-0.3, -0.25) is 0 Å². The molecule has 0 bridgehead atoms. The van der Waals surface area contributed by atoms with Crippen molar-refractivity contribution in [1.82, 2.24) is 0 Å². The van der Waals surface area contributed by atoms with Crippen molar-refractivity contribution < 1.29 is 19.1 Å². The molecule has 1 atom stereocenters. The van der Waals surface area contributed by atoms with Crippen molar-refractivity contribution in [3.63, 3.8) is 0 Å². The summed E-state index contributed by atoms with van der Waals surface area (Å²) in [6.07, 6.45) is 1.46. The zero-order valence-electron chi connectivity index (χ0n) is 14.1. The fraction of sp³-hybridized carbons (Fsp3) is 0.556. The van der Waals surface area contributed by atoms with Gasteiger partial charge in [-0.1, -0.05) is 27.7 Å². The zero-order chi connectivity index (χ0) is 16.8. The first-order chi connectivity index (χ1) is 10.2. The Morgan fingerprint density at radius 2 is 1.55 bits per heavy atom. The van der Waals surface area contributed by atoms with Crippen molar-refractivity contribution in [2.24, 2.45) is 5.41 Å². The van der Waals surface area contributed by atoms with Gasteiger partial charge in [-0.2, -0.15) is 0 Å². The van der Waals surface area contributed by atoms with Gasteiger partial charge in [-0.25, -0.2) is 9.59 Å². The molecule has 0 aliphatic rings. The van der Waals surface area contributed by atoms with E-state index in [1.54, 1.807) is 24.3 Å². The molecule has 0 heterocycles. The first-order valence-electron chi connectivity index (χ1n) is 7.71. The van der Waals surface area contributed by atoms with Crippen LogP contribution in [0.2, 0.25) is 0 Å². The first-order valence-corrected chi connectivity index (χ1v) is 7.71. The predicted molar refractivity (Wildman–Crippen MR) is 86.0 cm³/mol. The van der Waals surface area contributed by atoms with Crippen LogP contribution in [0.25, 0.3) is 0 Å².